The van der Waals surface area contributed by atoms with Crippen LogP contribution in [0.5, 0.6) is 0 Å². The molecule has 0 aliphatic rings. The van der Waals surface area contributed by atoms with E-state index in [2.05, 4.69) is 4.74 Å². The topological polar surface area (TPSA) is 33.0 Å². The van der Waals surface area contributed by atoms with E-state index >= 15 is 0 Å². The lowest BCUT2D eigenvalue weighted by Gasteiger charge is -2.17. The summed E-state index contributed by atoms with van der Waals surface area (Å²) in [6, 6.07) is 1.68. The highest BCUT2D eigenvalue weighted by atomic mass is 19.3. The van der Waals surface area contributed by atoms with Crippen molar-refractivity contribution in [3.8, 4) is 6.07 Å². The molecule has 0 bridgehead atoms. The van der Waals surface area contributed by atoms with Gasteiger partial charge in [0.05, 0.1) is 18.6 Å². The van der Waals surface area contributed by atoms with Crippen LogP contribution in [0.2, 0.25) is 0 Å². The molecule has 2 nitrogen and oxygen atoms in total. The van der Waals surface area contributed by atoms with Gasteiger partial charge in [0.25, 0.3) is 0 Å². The summed E-state index contributed by atoms with van der Waals surface area (Å²) in [4.78, 5) is 0. The summed E-state index contributed by atoms with van der Waals surface area (Å²) < 4.78 is 51.8. The SMILES string of the molecule is CC(CC#N)OCC(F)(F)C(F)F. The molecule has 0 radical (unpaired) electrons. The molecule has 0 saturated heterocycles. The minimum Gasteiger partial charge on any atom is -0.371 e. The average Bonchev–Trinajstić information content (AvgIpc) is 2.01. The van der Waals surface area contributed by atoms with E-state index < -0.39 is 25.1 Å². The Morgan fingerprint density at radius 3 is 2.38 bits per heavy atom. The third kappa shape index (κ3) is 4.68. The summed E-state index contributed by atoms with van der Waals surface area (Å²) in [5.74, 6) is -4.14. The first-order chi connectivity index (χ1) is 5.90. The third-order valence-electron chi connectivity index (χ3n) is 1.26. The Bertz CT molecular complexity index is 189. The molecule has 6 heteroatoms. The van der Waals surface area contributed by atoms with Crippen LogP contribution in [-0.4, -0.2) is 25.1 Å². The largest absolute Gasteiger partial charge is 0.371 e. The molecule has 0 fully saturated rings. The van der Waals surface area contributed by atoms with E-state index in [-0.39, 0.29) is 6.42 Å². The standard InChI is InChI=1S/C7H9F4NO/c1-5(2-3-12)13-4-7(10,11)6(8)9/h5-6H,2,4H2,1H3. The van der Waals surface area contributed by atoms with Crippen molar-refractivity contribution in [1.29, 1.82) is 5.26 Å². The molecule has 76 valence electrons. The second-order valence-corrected chi connectivity index (χ2v) is 2.55. The number of nitriles is 1. The summed E-state index contributed by atoms with van der Waals surface area (Å²) in [6.45, 7) is 0.0122. The van der Waals surface area contributed by atoms with Gasteiger partial charge in [0.15, 0.2) is 0 Å². The maximum absolute atomic E-state index is 12.2. The quantitative estimate of drug-likeness (QED) is 0.636. The average molecular weight is 199 g/mol. The van der Waals surface area contributed by atoms with E-state index in [9.17, 15) is 17.6 Å². The molecule has 0 spiro atoms. The number of hydrogen-bond donors (Lipinski definition) is 0. The second kappa shape index (κ2) is 5.02. The maximum Gasteiger partial charge on any atom is 0.330 e. The molecule has 0 aromatic heterocycles. The second-order valence-electron chi connectivity index (χ2n) is 2.55. The van der Waals surface area contributed by atoms with Gasteiger partial charge in [0, 0.05) is 0 Å². The van der Waals surface area contributed by atoms with E-state index in [0.29, 0.717) is 0 Å². The van der Waals surface area contributed by atoms with Gasteiger partial charge < -0.3 is 4.74 Å². The van der Waals surface area contributed by atoms with Crippen LogP contribution in [0.1, 0.15) is 13.3 Å². The van der Waals surface area contributed by atoms with Crippen molar-refractivity contribution in [1.82, 2.24) is 0 Å². The van der Waals surface area contributed by atoms with Crippen LogP contribution >= 0.6 is 0 Å². The van der Waals surface area contributed by atoms with Gasteiger partial charge in [-0.3, -0.25) is 0 Å². The number of ether oxygens (including phenoxy) is 1. The fourth-order valence-corrected chi connectivity index (χ4v) is 0.504. The summed E-state index contributed by atoms with van der Waals surface area (Å²) in [7, 11) is 0. The lowest BCUT2D eigenvalue weighted by molar-refractivity contribution is -0.173. The predicted molar refractivity (Wildman–Crippen MR) is 36.6 cm³/mol. The first kappa shape index (κ1) is 12.2. The van der Waals surface area contributed by atoms with Crippen molar-refractivity contribution in [3.63, 3.8) is 0 Å². The first-order valence-corrected chi connectivity index (χ1v) is 3.54. The Balaban J connectivity index is 3.82. The van der Waals surface area contributed by atoms with Crippen LogP contribution < -0.4 is 0 Å². The van der Waals surface area contributed by atoms with Gasteiger partial charge in [-0.1, -0.05) is 0 Å². The molecule has 0 saturated carbocycles. The minimum absolute atomic E-state index is 0.0979. The molecule has 0 aliphatic heterocycles. The molecular weight excluding hydrogens is 190 g/mol. The van der Waals surface area contributed by atoms with Crippen molar-refractivity contribution in [3.05, 3.63) is 0 Å². The van der Waals surface area contributed by atoms with Crippen molar-refractivity contribution in [2.24, 2.45) is 0 Å². The van der Waals surface area contributed by atoms with Gasteiger partial charge >= 0.3 is 12.3 Å². The van der Waals surface area contributed by atoms with E-state index in [1.54, 1.807) is 6.07 Å². The summed E-state index contributed by atoms with van der Waals surface area (Å²) in [5.41, 5.74) is 0. The zero-order valence-corrected chi connectivity index (χ0v) is 6.94. The molecule has 0 aromatic rings. The van der Waals surface area contributed by atoms with Gasteiger partial charge in [-0.05, 0) is 6.92 Å². The lowest BCUT2D eigenvalue weighted by atomic mass is 10.3. The zero-order chi connectivity index (χ0) is 10.5. The van der Waals surface area contributed by atoms with Gasteiger partial charge in [-0.2, -0.15) is 14.0 Å². The van der Waals surface area contributed by atoms with Gasteiger partial charge in [0.1, 0.15) is 6.61 Å². The monoisotopic (exact) mass is 199 g/mol. The maximum atomic E-state index is 12.2. The lowest BCUT2D eigenvalue weighted by Crippen LogP contribution is -2.33. The predicted octanol–water partition coefficient (Wildman–Crippen LogP) is 2.21. The van der Waals surface area contributed by atoms with Gasteiger partial charge in [-0.15, -0.1) is 0 Å². The number of hydrogen-bond acceptors (Lipinski definition) is 2. The fraction of sp³-hybridized carbons (Fsp3) is 0.857. The van der Waals surface area contributed by atoms with Crippen LogP contribution in [0.15, 0.2) is 0 Å². The van der Waals surface area contributed by atoms with Crippen LogP contribution in [0.4, 0.5) is 17.6 Å². The number of rotatable bonds is 5. The smallest absolute Gasteiger partial charge is 0.330 e. The Morgan fingerprint density at radius 1 is 1.46 bits per heavy atom. The molecule has 13 heavy (non-hydrogen) atoms. The number of halogens is 4. The molecule has 0 amide bonds. The molecule has 0 aromatic carbocycles. The molecule has 1 unspecified atom stereocenters. The van der Waals surface area contributed by atoms with E-state index in [1.165, 1.54) is 6.92 Å². The van der Waals surface area contributed by atoms with E-state index in [1.807, 2.05) is 0 Å². The molecule has 0 rings (SSSR count). The summed E-state index contributed by atoms with van der Waals surface area (Å²) in [6.07, 6.45) is -4.59. The highest BCUT2D eigenvalue weighted by Crippen LogP contribution is 2.23. The van der Waals surface area contributed by atoms with Crippen molar-refractivity contribution in [2.75, 3.05) is 6.61 Å². The summed E-state index contributed by atoms with van der Waals surface area (Å²) >= 11 is 0. The Kier molecular flexibility index (Phi) is 4.70. The van der Waals surface area contributed by atoms with Crippen molar-refractivity contribution in [2.45, 2.75) is 31.8 Å². The Hall–Kier alpha value is -0.830. The highest BCUT2D eigenvalue weighted by molar-refractivity contribution is 4.75. The van der Waals surface area contributed by atoms with Crippen LogP contribution in [-0.2, 0) is 4.74 Å². The van der Waals surface area contributed by atoms with Crippen molar-refractivity contribution < 1.29 is 22.3 Å². The Labute approximate surface area is 73.1 Å². The third-order valence-corrected chi connectivity index (χ3v) is 1.26. The molecule has 0 aliphatic carbocycles. The fourth-order valence-electron chi connectivity index (χ4n) is 0.504. The van der Waals surface area contributed by atoms with Crippen LogP contribution in [0, 0.1) is 11.3 Å². The van der Waals surface area contributed by atoms with Crippen LogP contribution in [0.3, 0.4) is 0 Å². The molecule has 0 N–H and O–H groups in total. The Morgan fingerprint density at radius 2 is 2.00 bits per heavy atom. The van der Waals surface area contributed by atoms with Gasteiger partial charge in [-0.25, -0.2) is 8.78 Å². The van der Waals surface area contributed by atoms with Crippen molar-refractivity contribution >= 4 is 0 Å². The molecular formula is C7H9F4NO. The van der Waals surface area contributed by atoms with Crippen LogP contribution in [0.25, 0.3) is 0 Å². The van der Waals surface area contributed by atoms with E-state index in [0.717, 1.165) is 0 Å². The summed E-state index contributed by atoms with van der Waals surface area (Å²) in [5, 5.41) is 8.11. The minimum atomic E-state index is -4.14. The molecule has 1 atom stereocenters. The zero-order valence-electron chi connectivity index (χ0n) is 6.94. The molecule has 0 heterocycles. The normalized spacial score (nSPS) is 14.2. The number of alkyl halides is 4. The van der Waals surface area contributed by atoms with E-state index in [4.69, 9.17) is 5.26 Å². The first-order valence-electron chi connectivity index (χ1n) is 3.54. The number of nitrogens with zero attached hydrogens (tertiary/aromatic N) is 1. The van der Waals surface area contributed by atoms with Gasteiger partial charge in [0.2, 0.25) is 0 Å². The highest BCUT2D eigenvalue weighted by Gasteiger charge is 2.41.